The smallest absolute Gasteiger partial charge is 0.266 e. The van der Waals surface area contributed by atoms with E-state index in [0.717, 1.165) is 27.0 Å². The molecule has 2 aromatic carbocycles. The number of carbonyl (C=O) groups is 1. The second-order valence-electron chi connectivity index (χ2n) is 8.01. The Morgan fingerprint density at radius 2 is 1.85 bits per heavy atom. The highest BCUT2D eigenvalue weighted by Crippen LogP contribution is 2.36. The summed E-state index contributed by atoms with van der Waals surface area (Å²) >= 11 is 7.90. The van der Waals surface area contributed by atoms with Crippen molar-refractivity contribution in [3.05, 3.63) is 94.0 Å². The van der Waals surface area contributed by atoms with Crippen molar-refractivity contribution in [2.45, 2.75) is 27.3 Å². The number of carbonyl (C=O) groups excluding carboxylic acids is 1. The van der Waals surface area contributed by atoms with Gasteiger partial charge in [0.05, 0.1) is 27.5 Å². The number of fused-ring (bicyclic) bond motifs is 1. The van der Waals surface area contributed by atoms with E-state index in [-0.39, 0.29) is 12.5 Å². The summed E-state index contributed by atoms with van der Waals surface area (Å²) in [6.45, 7) is 6.09. The van der Waals surface area contributed by atoms with Crippen LogP contribution in [0.25, 0.3) is 21.5 Å². The maximum Gasteiger partial charge on any atom is 0.266 e. The molecule has 0 saturated heterocycles. The van der Waals surface area contributed by atoms with Crippen molar-refractivity contribution < 1.29 is 9.32 Å². The number of pyridine rings is 1. The molecule has 5 rings (SSSR count). The summed E-state index contributed by atoms with van der Waals surface area (Å²) in [6, 6.07) is 17.0. The molecule has 3 aromatic heterocycles. The number of nitrogens with zero attached hydrogens (tertiary/aromatic N) is 4. The Kier molecular flexibility index (Phi) is 5.89. The Morgan fingerprint density at radius 3 is 2.62 bits per heavy atom. The first-order chi connectivity index (χ1) is 16.4. The van der Waals surface area contributed by atoms with Crippen molar-refractivity contribution in [1.29, 1.82) is 0 Å². The Bertz CT molecular complexity index is 1510. The molecule has 0 fully saturated rings. The molecule has 1 amide bonds. The summed E-state index contributed by atoms with van der Waals surface area (Å²) in [4.78, 5) is 25.0. The van der Waals surface area contributed by atoms with Crippen LogP contribution in [0.1, 0.15) is 32.9 Å². The topological polar surface area (TPSA) is 72.1 Å². The van der Waals surface area contributed by atoms with E-state index in [1.54, 1.807) is 24.1 Å². The van der Waals surface area contributed by atoms with E-state index in [4.69, 9.17) is 21.1 Å². The van der Waals surface area contributed by atoms with Gasteiger partial charge in [0.15, 0.2) is 5.13 Å². The first kappa shape index (κ1) is 22.3. The normalized spacial score (nSPS) is 11.2. The molecule has 0 atom stereocenters. The fraction of sp³-hybridized carbons (Fsp3) is 0.154. The predicted molar refractivity (Wildman–Crippen MR) is 136 cm³/mol. The minimum absolute atomic E-state index is 0.254. The molecule has 8 heteroatoms. The lowest BCUT2D eigenvalue weighted by Crippen LogP contribution is -2.31. The van der Waals surface area contributed by atoms with Crippen LogP contribution in [0.2, 0.25) is 5.02 Å². The molecule has 0 aliphatic rings. The fourth-order valence-corrected chi connectivity index (χ4v) is 5.05. The monoisotopic (exact) mass is 488 g/mol. The van der Waals surface area contributed by atoms with Gasteiger partial charge >= 0.3 is 0 Å². The van der Waals surface area contributed by atoms with E-state index in [9.17, 15) is 4.79 Å². The van der Waals surface area contributed by atoms with Gasteiger partial charge in [-0.25, -0.2) is 4.98 Å². The van der Waals surface area contributed by atoms with E-state index in [1.165, 1.54) is 11.3 Å². The molecule has 0 aliphatic carbocycles. The minimum atomic E-state index is -0.271. The van der Waals surface area contributed by atoms with Crippen LogP contribution in [0, 0.1) is 20.8 Å². The second kappa shape index (κ2) is 9.00. The number of aryl methyl sites for hydroxylation is 3. The largest absolute Gasteiger partial charge is 0.360 e. The summed E-state index contributed by atoms with van der Waals surface area (Å²) in [5.74, 6) is 0.145. The average molecular weight is 489 g/mol. The zero-order chi connectivity index (χ0) is 23.8. The summed E-state index contributed by atoms with van der Waals surface area (Å²) < 4.78 is 6.49. The van der Waals surface area contributed by atoms with Crippen molar-refractivity contribution >= 4 is 44.2 Å². The number of thiazole rings is 1. The van der Waals surface area contributed by atoms with Crippen molar-refractivity contribution in [2.75, 3.05) is 4.90 Å². The lowest BCUT2D eigenvalue weighted by molar-refractivity contribution is 0.0984. The lowest BCUT2D eigenvalue weighted by Gasteiger charge is -2.19. The third-order valence-corrected chi connectivity index (χ3v) is 7.17. The van der Waals surface area contributed by atoms with Crippen LogP contribution >= 0.6 is 22.9 Å². The number of aromatic nitrogens is 3. The van der Waals surface area contributed by atoms with Gasteiger partial charge in [-0.05, 0) is 56.2 Å². The second-order valence-corrected chi connectivity index (χ2v) is 9.42. The molecule has 0 radical (unpaired) electrons. The Balaban J connectivity index is 1.65. The number of amides is 1. The zero-order valence-electron chi connectivity index (χ0n) is 18.9. The van der Waals surface area contributed by atoms with Gasteiger partial charge in [0, 0.05) is 11.8 Å². The number of rotatable bonds is 5. The Labute approximate surface area is 205 Å². The van der Waals surface area contributed by atoms with E-state index in [0.29, 0.717) is 32.7 Å². The maximum atomic E-state index is 14.1. The molecule has 34 heavy (non-hydrogen) atoms. The van der Waals surface area contributed by atoms with Crippen molar-refractivity contribution in [1.82, 2.24) is 15.1 Å². The van der Waals surface area contributed by atoms with Crippen LogP contribution in [-0.4, -0.2) is 21.0 Å². The van der Waals surface area contributed by atoms with E-state index < -0.39 is 0 Å². The molecule has 0 unspecified atom stereocenters. The molecular weight excluding hydrogens is 468 g/mol. The summed E-state index contributed by atoms with van der Waals surface area (Å²) in [5, 5.41) is 5.26. The molecule has 170 valence electrons. The van der Waals surface area contributed by atoms with Gasteiger partial charge in [-0.15, -0.1) is 0 Å². The Hall–Kier alpha value is -3.55. The first-order valence-corrected chi connectivity index (χ1v) is 11.9. The van der Waals surface area contributed by atoms with Gasteiger partial charge in [-0.1, -0.05) is 58.4 Å². The van der Waals surface area contributed by atoms with Crippen LogP contribution in [0.4, 0.5) is 5.13 Å². The van der Waals surface area contributed by atoms with Crippen LogP contribution in [-0.2, 0) is 6.54 Å². The molecule has 0 saturated carbocycles. The van der Waals surface area contributed by atoms with Crippen LogP contribution < -0.4 is 4.90 Å². The van der Waals surface area contributed by atoms with Gasteiger partial charge < -0.3 is 4.52 Å². The first-order valence-electron chi connectivity index (χ1n) is 10.7. The van der Waals surface area contributed by atoms with Crippen molar-refractivity contribution in [2.24, 2.45) is 0 Å². The van der Waals surface area contributed by atoms with Gasteiger partial charge in [0.2, 0.25) is 0 Å². The highest BCUT2D eigenvalue weighted by Gasteiger charge is 2.30. The standard InChI is InChI=1S/C26H21ClN4O2S/c1-15-11-12-21-23(16(15)2)29-26(34-21)31(14-18-8-6-7-13-28-18)25(32)22-17(3)33-30-24(22)19-9-4-5-10-20(19)27/h4-13H,14H2,1-3H3. The van der Waals surface area contributed by atoms with E-state index in [1.807, 2.05) is 49.4 Å². The van der Waals surface area contributed by atoms with Gasteiger partial charge in [-0.3, -0.25) is 14.7 Å². The molecule has 5 aromatic rings. The lowest BCUT2D eigenvalue weighted by atomic mass is 10.0. The highest BCUT2D eigenvalue weighted by molar-refractivity contribution is 7.22. The predicted octanol–water partition coefficient (Wildman–Crippen LogP) is 6.77. The summed E-state index contributed by atoms with van der Waals surface area (Å²) in [5.41, 5.74) is 5.30. The third kappa shape index (κ3) is 3.97. The zero-order valence-corrected chi connectivity index (χ0v) is 20.4. The quantitative estimate of drug-likeness (QED) is 0.273. The van der Waals surface area contributed by atoms with Crippen molar-refractivity contribution in [3.63, 3.8) is 0 Å². The van der Waals surface area contributed by atoms with Crippen LogP contribution in [0.15, 0.2) is 65.3 Å². The molecule has 6 nitrogen and oxygen atoms in total. The number of hydrogen-bond acceptors (Lipinski definition) is 6. The fourth-order valence-electron chi connectivity index (χ4n) is 3.81. The number of hydrogen-bond donors (Lipinski definition) is 0. The molecular formula is C26H21ClN4O2S. The minimum Gasteiger partial charge on any atom is -0.360 e. The van der Waals surface area contributed by atoms with E-state index >= 15 is 0 Å². The molecule has 0 aliphatic heterocycles. The number of anilines is 1. The third-order valence-electron chi connectivity index (χ3n) is 5.80. The van der Waals surface area contributed by atoms with Crippen LogP contribution in [0.3, 0.4) is 0 Å². The molecule has 0 N–H and O–H groups in total. The van der Waals surface area contributed by atoms with Crippen molar-refractivity contribution in [3.8, 4) is 11.3 Å². The summed E-state index contributed by atoms with van der Waals surface area (Å²) in [7, 11) is 0. The number of benzene rings is 2. The molecule has 0 bridgehead atoms. The van der Waals surface area contributed by atoms with Gasteiger partial charge in [0.1, 0.15) is 17.0 Å². The van der Waals surface area contributed by atoms with Gasteiger partial charge in [-0.2, -0.15) is 0 Å². The summed E-state index contributed by atoms with van der Waals surface area (Å²) in [6.07, 6.45) is 1.71. The molecule has 0 spiro atoms. The highest BCUT2D eigenvalue weighted by atomic mass is 35.5. The van der Waals surface area contributed by atoms with Gasteiger partial charge in [0.25, 0.3) is 5.91 Å². The van der Waals surface area contributed by atoms with Crippen LogP contribution in [0.5, 0.6) is 0 Å². The number of halogens is 1. The maximum absolute atomic E-state index is 14.1. The van der Waals surface area contributed by atoms with E-state index in [2.05, 4.69) is 23.1 Å². The Morgan fingerprint density at radius 1 is 1.06 bits per heavy atom. The average Bonchev–Trinajstić information content (AvgIpc) is 3.44. The SMILES string of the molecule is Cc1ccc2sc(N(Cc3ccccn3)C(=O)c3c(-c4ccccc4Cl)noc3C)nc2c1C. The molecule has 3 heterocycles.